The van der Waals surface area contributed by atoms with E-state index < -0.39 is 0 Å². The van der Waals surface area contributed by atoms with Crippen LogP contribution in [0.25, 0.3) is 0 Å². The molecule has 0 aromatic heterocycles. The van der Waals surface area contributed by atoms with Crippen molar-refractivity contribution < 1.29 is 9.53 Å². The van der Waals surface area contributed by atoms with E-state index in [1.54, 1.807) is 6.07 Å². The molecule has 0 N–H and O–H groups in total. The zero-order chi connectivity index (χ0) is 13.8. The van der Waals surface area contributed by atoms with Crippen LogP contribution in [0.4, 0.5) is 0 Å². The Hall–Kier alpha value is -0.770. The van der Waals surface area contributed by atoms with Crippen molar-refractivity contribution in [1.82, 2.24) is 4.90 Å². The lowest BCUT2D eigenvalue weighted by atomic mass is 10.1. The Morgan fingerprint density at radius 2 is 2.21 bits per heavy atom. The Kier molecular flexibility index (Phi) is 5.08. The van der Waals surface area contributed by atoms with Crippen molar-refractivity contribution in [3.05, 3.63) is 33.8 Å². The predicted molar refractivity (Wildman–Crippen MR) is 76.6 cm³/mol. The standard InChI is InChI=1S/C14H17Cl2NO2/c1-2-3-14(18)17-6-7-19-13(9-17)10-4-5-11(15)12(16)8-10/h4-5,8,13H,2-3,6-7,9H2,1H3. The molecular weight excluding hydrogens is 285 g/mol. The molecule has 1 heterocycles. The number of halogens is 2. The highest BCUT2D eigenvalue weighted by Crippen LogP contribution is 2.29. The third-order valence-corrected chi connectivity index (χ3v) is 3.94. The molecule has 5 heteroatoms. The zero-order valence-electron chi connectivity index (χ0n) is 10.9. The number of hydrogen-bond acceptors (Lipinski definition) is 2. The van der Waals surface area contributed by atoms with Crippen molar-refractivity contribution in [2.45, 2.75) is 25.9 Å². The third-order valence-electron chi connectivity index (χ3n) is 3.20. The zero-order valence-corrected chi connectivity index (χ0v) is 12.4. The van der Waals surface area contributed by atoms with Crippen LogP contribution >= 0.6 is 23.2 Å². The van der Waals surface area contributed by atoms with E-state index in [4.69, 9.17) is 27.9 Å². The number of nitrogens with zero attached hydrogens (tertiary/aromatic N) is 1. The highest BCUT2D eigenvalue weighted by Gasteiger charge is 2.25. The molecule has 1 aromatic carbocycles. The second kappa shape index (κ2) is 6.60. The van der Waals surface area contributed by atoms with Crippen molar-refractivity contribution in [3.63, 3.8) is 0 Å². The van der Waals surface area contributed by atoms with E-state index in [9.17, 15) is 4.79 Å². The van der Waals surface area contributed by atoms with Crippen LogP contribution in [0.3, 0.4) is 0 Å². The van der Waals surface area contributed by atoms with E-state index in [2.05, 4.69) is 0 Å². The molecule has 1 aromatic rings. The molecule has 0 spiro atoms. The Morgan fingerprint density at radius 1 is 1.42 bits per heavy atom. The van der Waals surface area contributed by atoms with Gasteiger partial charge in [0.1, 0.15) is 6.10 Å². The van der Waals surface area contributed by atoms with Gasteiger partial charge in [-0.1, -0.05) is 36.2 Å². The van der Waals surface area contributed by atoms with E-state index in [0.29, 0.717) is 36.2 Å². The number of amides is 1. The molecular formula is C14H17Cl2NO2. The van der Waals surface area contributed by atoms with Gasteiger partial charge in [-0.25, -0.2) is 0 Å². The van der Waals surface area contributed by atoms with E-state index in [0.717, 1.165) is 12.0 Å². The molecule has 104 valence electrons. The molecule has 1 unspecified atom stereocenters. The van der Waals surface area contributed by atoms with Gasteiger partial charge < -0.3 is 9.64 Å². The normalized spacial score (nSPS) is 19.5. The van der Waals surface area contributed by atoms with Gasteiger partial charge in [-0.05, 0) is 24.1 Å². The third kappa shape index (κ3) is 3.62. The van der Waals surface area contributed by atoms with Gasteiger partial charge in [0.25, 0.3) is 0 Å². The van der Waals surface area contributed by atoms with E-state index in [-0.39, 0.29) is 12.0 Å². The smallest absolute Gasteiger partial charge is 0.222 e. The fourth-order valence-electron chi connectivity index (χ4n) is 2.16. The molecule has 0 radical (unpaired) electrons. The number of morpholine rings is 1. The molecule has 0 saturated carbocycles. The highest BCUT2D eigenvalue weighted by atomic mass is 35.5. The van der Waals surface area contributed by atoms with Crippen LogP contribution < -0.4 is 0 Å². The summed E-state index contributed by atoms with van der Waals surface area (Å²) in [7, 11) is 0. The van der Waals surface area contributed by atoms with E-state index in [1.165, 1.54) is 0 Å². The van der Waals surface area contributed by atoms with Crippen molar-refractivity contribution in [2.75, 3.05) is 19.7 Å². The van der Waals surface area contributed by atoms with Crippen LogP contribution in [0.1, 0.15) is 31.4 Å². The molecule has 2 rings (SSSR count). The Balaban J connectivity index is 2.08. The lowest BCUT2D eigenvalue weighted by Crippen LogP contribution is -2.42. The maximum absolute atomic E-state index is 11.9. The summed E-state index contributed by atoms with van der Waals surface area (Å²) < 4.78 is 5.72. The first-order valence-electron chi connectivity index (χ1n) is 6.46. The van der Waals surface area contributed by atoms with Gasteiger partial charge in [-0.2, -0.15) is 0 Å². The number of hydrogen-bond donors (Lipinski definition) is 0. The lowest BCUT2D eigenvalue weighted by molar-refractivity contribution is -0.139. The Bertz CT molecular complexity index is 465. The summed E-state index contributed by atoms with van der Waals surface area (Å²) in [6.45, 7) is 3.81. The van der Waals surface area contributed by atoms with Crippen molar-refractivity contribution in [1.29, 1.82) is 0 Å². The molecule has 1 amide bonds. The van der Waals surface area contributed by atoms with Crippen LogP contribution in [-0.2, 0) is 9.53 Å². The molecule has 1 aliphatic rings. The predicted octanol–water partition coefficient (Wildman–Crippen LogP) is 3.69. The maximum atomic E-state index is 11.9. The fraction of sp³-hybridized carbons (Fsp3) is 0.500. The maximum Gasteiger partial charge on any atom is 0.222 e. The van der Waals surface area contributed by atoms with Crippen LogP contribution in [0, 0.1) is 0 Å². The molecule has 1 aliphatic heterocycles. The van der Waals surface area contributed by atoms with E-state index in [1.807, 2.05) is 24.0 Å². The summed E-state index contributed by atoms with van der Waals surface area (Å²) in [4.78, 5) is 13.8. The second-order valence-electron chi connectivity index (χ2n) is 4.62. The molecule has 3 nitrogen and oxygen atoms in total. The summed E-state index contributed by atoms with van der Waals surface area (Å²) in [6.07, 6.45) is 1.34. The lowest BCUT2D eigenvalue weighted by Gasteiger charge is -2.33. The van der Waals surface area contributed by atoms with Gasteiger partial charge in [0, 0.05) is 13.0 Å². The largest absolute Gasteiger partial charge is 0.370 e. The first-order chi connectivity index (χ1) is 9.11. The number of carbonyl (C=O) groups excluding carboxylic acids is 1. The summed E-state index contributed by atoms with van der Waals surface area (Å²) in [5, 5.41) is 1.04. The molecule has 1 atom stereocenters. The van der Waals surface area contributed by atoms with Crippen molar-refractivity contribution >= 4 is 29.1 Å². The molecule has 1 saturated heterocycles. The van der Waals surface area contributed by atoms with Crippen LogP contribution in [-0.4, -0.2) is 30.5 Å². The minimum atomic E-state index is -0.121. The quantitative estimate of drug-likeness (QED) is 0.852. The Morgan fingerprint density at radius 3 is 2.89 bits per heavy atom. The average Bonchev–Trinajstić information content (AvgIpc) is 2.42. The molecule has 0 bridgehead atoms. The minimum Gasteiger partial charge on any atom is -0.370 e. The average molecular weight is 302 g/mol. The van der Waals surface area contributed by atoms with Gasteiger partial charge >= 0.3 is 0 Å². The monoisotopic (exact) mass is 301 g/mol. The second-order valence-corrected chi connectivity index (χ2v) is 5.44. The van der Waals surface area contributed by atoms with Crippen molar-refractivity contribution in [3.8, 4) is 0 Å². The van der Waals surface area contributed by atoms with Crippen LogP contribution in [0.15, 0.2) is 18.2 Å². The number of rotatable bonds is 3. The van der Waals surface area contributed by atoms with Crippen LogP contribution in [0.5, 0.6) is 0 Å². The van der Waals surface area contributed by atoms with E-state index >= 15 is 0 Å². The summed E-state index contributed by atoms with van der Waals surface area (Å²) in [5.41, 5.74) is 0.961. The molecule has 1 fully saturated rings. The van der Waals surface area contributed by atoms with Crippen molar-refractivity contribution in [2.24, 2.45) is 0 Å². The summed E-state index contributed by atoms with van der Waals surface area (Å²) >= 11 is 11.9. The highest BCUT2D eigenvalue weighted by molar-refractivity contribution is 6.42. The molecule has 0 aliphatic carbocycles. The van der Waals surface area contributed by atoms with Crippen LogP contribution in [0.2, 0.25) is 10.0 Å². The number of ether oxygens (including phenoxy) is 1. The minimum absolute atomic E-state index is 0.121. The first kappa shape index (κ1) is 14.6. The topological polar surface area (TPSA) is 29.5 Å². The Labute approximate surface area is 123 Å². The SMILES string of the molecule is CCCC(=O)N1CCOC(c2ccc(Cl)c(Cl)c2)C1. The number of carbonyl (C=O) groups is 1. The van der Waals surface area contributed by atoms with Gasteiger partial charge in [-0.3, -0.25) is 4.79 Å². The number of benzene rings is 1. The van der Waals surface area contributed by atoms with Gasteiger partial charge in [-0.15, -0.1) is 0 Å². The van der Waals surface area contributed by atoms with Gasteiger partial charge in [0.15, 0.2) is 0 Å². The first-order valence-corrected chi connectivity index (χ1v) is 7.21. The van der Waals surface area contributed by atoms with Gasteiger partial charge in [0.05, 0.1) is 23.2 Å². The summed E-state index contributed by atoms with van der Waals surface area (Å²) in [5.74, 6) is 0.191. The molecule has 19 heavy (non-hydrogen) atoms. The van der Waals surface area contributed by atoms with Gasteiger partial charge in [0.2, 0.25) is 5.91 Å². The summed E-state index contributed by atoms with van der Waals surface area (Å²) in [6, 6.07) is 5.46. The fourth-order valence-corrected chi connectivity index (χ4v) is 2.47.